The van der Waals surface area contributed by atoms with Crippen molar-refractivity contribution < 1.29 is 34.4 Å². The maximum atomic E-state index is 12.7. The molecule has 1 heterocycles. The van der Waals surface area contributed by atoms with E-state index < -0.39 is 61.0 Å². The fraction of sp³-hybridized carbons (Fsp3) is 0. The zero-order chi connectivity index (χ0) is 18.9. The van der Waals surface area contributed by atoms with E-state index >= 15 is 0 Å². The van der Waals surface area contributed by atoms with Crippen LogP contribution in [-0.2, 0) is 30.1 Å². The van der Waals surface area contributed by atoms with Gasteiger partial charge in [0.1, 0.15) is 14.7 Å². The Morgan fingerprint density at radius 2 is 1.44 bits per heavy atom. The standard InChI is InChI=1S/C12H10N2O8S3/c13-7-2-1-5-6-3-8(14)10(24(17,18)19)4-9(6)23(15,16)11(5)12(7)25(20,21)22/h1-4H,13-14H2,(H,17,18,19)(H,20,21,22). The lowest BCUT2D eigenvalue weighted by molar-refractivity contribution is 0.479. The van der Waals surface area contributed by atoms with Crippen molar-refractivity contribution in [1.29, 1.82) is 0 Å². The van der Waals surface area contributed by atoms with Crippen LogP contribution in [0.1, 0.15) is 0 Å². The number of anilines is 2. The van der Waals surface area contributed by atoms with Crippen molar-refractivity contribution in [3.8, 4) is 11.1 Å². The highest BCUT2D eigenvalue weighted by molar-refractivity contribution is 7.93. The molecule has 10 nitrogen and oxygen atoms in total. The van der Waals surface area contributed by atoms with Gasteiger partial charge in [-0.2, -0.15) is 16.8 Å². The molecule has 2 aromatic rings. The molecular formula is C12H10N2O8S3. The minimum absolute atomic E-state index is 0.0789. The molecule has 3 rings (SSSR count). The number of benzene rings is 2. The van der Waals surface area contributed by atoms with Crippen LogP contribution in [-0.4, -0.2) is 34.4 Å². The van der Waals surface area contributed by atoms with Gasteiger partial charge in [-0.05, 0) is 18.2 Å². The molecule has 25 heavy (non-hydrogen) atoms. The van der Waals surface area contributed by atoms with Gasteiger partial charge >= 0.3 is 0 Å². The molecule has 0 aromatic heterocycles. The van der Waals surface area contributed by atoms with E-state index in [2.05, 4.69) is 0 Å². The average Bonchev–Trinajstić information content (AvgIpc) is 2.63. The number of nitrogens with two attached hydrogens (primary N) is 2. The molecule has 0 aliphatic carbocycles. The summed E-state index contributed by atoms with van der Waals surface area (Å²) in [6.45, 7) is 0. The van der Waals surface area contributed by atoms with Crippen LogP contribution in [0.4, 0.5) is 11.4 Å². The van der Waals surface area contributed by atoms with Crippen molar-refractivity contribution in [2.45, 2.75) is 19.6 Å². The summed E-state index contributed by atoms with van der Waals surface area (Å²) in [7, 11) is -14.4. The SMILES string of the molecule is Nc1cc2c(cc1S(=O)(=O)O)S(=O)(=O)c1c-2ccc(N)c1S(=O)(=O)O. The van der Waals surface area contributed by atoms with Crippen molar-refractivity contribution in [3.63, 3.8) is 0 Å². The van der Waals surface area contributed by atoms with Gasteiger partial charge < -0.3 is 11.5 Å². The monoisotopic (exact) mass is 406 g/mol. The van der Waals surface area contributed by atoms with Crippen LogP contribution in [0.5, 0.6) is 0 Å². The van der Waals surface area contributed by atoms with Crippen LogP contribution in [0.15, 0.2) is 43.8 Å². The van der Waals surface area contributed by atoms with Gasteiger partial charge in [-0.3, -0.25) is 9.11 Å². The Hall–Kier alpha value is -2.19. The first-order chi connectivity index (χ1) is 11.3. The van der Waals surface area contributed by atoms with E-state index in [4.69, 9.17) is 16.0 Å². The number of hydrogen-bond donors (Lipinski definition) is 4. The summed E-state index contributed by atoms with van der Waals surface area (Å²) in [5, 5.41) is 0. The Morgan fingerprint density at radius 1 is 0.840 bits per heavy atom. The normalized spacial score (nSPS) is 15.6. The molecule has 2 aromatic carbocycles. The fourth-order valence-corrected chi connectivity index (χ4v) is 6.50. The average molecular weight is 406 g/mol. The van der Waals surface area contributed by atoms with Crippen LogP contribution in [0, 0.1) is 0 Å². The predicted octanol–water partition coefficient (Wildman–Crippen LogP) is 0.158. The number of hydrogen-bond acceptors (Lipinski definition) is 8. The molecule has 13 heteroatoms. The van der Waals surface area contributed by atoms with Gasteiger partial charge in [0.2, 0.25) is 9.84 Å². The van der Waals surface area contributed by atoms with E-state index in [1.165, 1.54) is 6.07 Å². The van der Waals surface area contributed by atoms with Crippen molar-refractivity contribution in [2.75, 3.05) is 11.5 Å². The second kappa shape index (κ2) is 4.92. The van der Waals surface area contributed by atoms with Gasteiger partial charge in [-0.1, -0.05) is 6.07 Å². The molecule has 6 N–H and O–H groups in total. The van der Waals surface area contributed by atoms with Crippen molar-refractivity contribution in [2.24, 2.45) is 0 Å². The van der Waals surface area contributed by atoms with Crippen molar-refractivity contribution in [1.82, 2.24) is 0 Å². The third-order valence-corrected chi connectivity index (χ3v) is 7.51. The van der Waals surface area contributed by atoms with Crippen molar-refractivity contribution >= 4 is 41.4 Å². The van der Waals surface area contributed by atoms with Gasteiger partial charge in [0.25, 0.3) is 20.2 Å². The van der Waals surface area contributed by atoms with Gasteiger partial charge in [0, 0.05) is 11.1 Å². The van der Waals surface area contributed by atoms with Gasteiger partial charge in [0.15, 0.2) is 0 Å². The molecule has 0 atom stereocenters. The summed E-state index contributed by atoms with van der Waals surface area (Å²) in [5.74, 6) is 0. The maximum Gasteiger partial charge on any atom is 0.297 e. The lowest BCUT2D eigenvalue weighted by Gasteiger charge is -2.08. The second-order valence-corrected chi connectivity index (χ2v) is 9.80. The maximum absolute atomic E-state index is 12.7. The van der Waals surface area contributed by atoms with Crippen molar-refractivity contribution in [3.05, 3.63) is 24.3 Å². The first-order valence-electron chi connectivity index (χ1n) is 6.32. The van der Waals surface area contributed by atoms with E-state index in [0.717, 1.165) is 12.1 Å². The Morgan fingerprint density at radius 3 is 1.96 bits per heavy atom. The Balaban J connectivity index is 2.53. The molecule has 1 aliphatic heterocycles. The third-order valence-electron chi connectivity index (χ3n) is 3.64. The molecule has 0 saturated heterocycles. The zero-order valence-electron chi connectivity index (χ0n) is 12.0. The highest BCUT2D eigenvalue weighted by atomic mass is 32.2. The van der Waals surface area contributed by atoms with Gasteiger partial charge in [-0.15, -0.1) is 0 Å². The predicted molar refractivity (Wildman–Crippen MR) is 85.8 cm³/mol. The van der Waals surface area contributed by atoms with Crippen LogP contribution < -0.4 is 11.5 Å². The van der Waals surface area contributed by atoms with Crippen LogP contribution in [0.2, 0.25) is 0 Å². The lowest BCUT2D eigenvalue weighted by atomic mass is 10.0. The molecule has 0 saturated carbocycles. The third kappa shape index (κ3) is 2.47. The fourth-order valence-electron chi connectivity index (χ4n) is 2.67. The molecule has 0 fully saturated rings. The summed E-state index contributed by atoms with van der Waals surface area (Å²) >= 11 is 0. The lowest BCUT2D eigenvalue weighted by Crippen LogP contribution is -2.10. The van der Waals surface area contributed by atoms with E-state index in [-0.39, 0.29) is 11.1 Å². The summed E-state index contributed by atoms with van der Waals surface area (Å²) in [6, 6.07) is 3.89. The minimum Gasteiger partial charge on any atom is -0.398 e. The molecule has 0 radical (unpaired) electrons. The van der Waals surface area contributed by atoms with Gasteiger partial charge in [-0.25, -0.2) is 8.42 Å². The summed E-state index contributed by atoms with van der Waals surface area (Å²) in [5.41, 5.74) is 9.92. The summed E-state index contributed by atoms with van der Waals surface area (Å²) in [6.07, 6.45) is 0. The molecule has 0 unspecified atom stereocenters. The van der Waals surface area contributed by atoms with E-state index in [1.807, 2.05) is 0 Å². The summed E-state index contributed by atoms with van der Waals surface area (Å²) in [4.78, 5) is -3.21. The molecule has 1 aliphatic rings. The minimum atomic E-state index is -5.00. The van der Waals surface area contributed by atoms with Crippen LogP contribution in [0.25, 0.3) is 11.1 Å². The molecular weight excluding hydrogens is 396 g/mol. The molecule has 0 bridgehead atoms. The Bertz CT molecular complexity index is 1260. The van der Waals surface area contributed by atoms with Gasteiger partial charge in [0.05, 0.1) is 16.3 Å². The van der Waals surface area contributed by atoms with Crippen LogP contribution >= 0.6 is 0 Å². The number of sulfone groups is 1. The largest absolute Gasteiger partial charge is 0.398 e. The highest BCUT2D eigenvalue weighted by Gasteiger charge is 2.40. The first-order valence-corrected chi connectivity index (χ1v) is 10.7. The Labute approximate surface area is 142 Å². The number of fused-ring (bicyclic) bond motifs is 3. The number of nitrogen functional groups attached to an aromatic ring is 2. The van der Waals surface area contributed by atoms with E-state index in [1.54, 1.807) is 0 Å². The number of rotatable bonds is 2. The smallest absolute Gasteiger partial charge is 0.297 e. The topological polar surface area (TPSA) is 195 Å². The second-order valence-electron chi connectivity index (χ2n) is 5.20. The molecule has 0 amide bonds. The Kier molecular flexibility index (Phi) is 3.47. The highest BCUT2D eigenvalue weighted by Crippen LogP contribution is 2.49. The van der Waals surface area contributed by atoms with E-state index in [0.29, 0.717) is 6.07 Å². The first kappa shape index (κ1) is 17.6. The quantitative estimate of drug-likeness (QED) is 0.336. The summed E-state index contributed by atoms with van der Waals surface area (Å²) < 4.78 is 89.9. The molecule has 0 spiro atoms. The van der Waals surface area contributed by atoms with Crippen LogP contribution in [0.3, 0.4) is 0 Å². The molecule has 134 valence electrons. The van der Waals surface area contributed by atoms with E-state index in [9.17, 15) is 29.8 Å². The zero-order valence-corrected chi connectivity index (χ0v) is 14.5.